The van der Waals surface area contributed by atoms with Crippen LogP contribution >= 0.6 is 0 Å². The fraction of sp³-hybridized carbons (Fsp3) is 1.00. The first-order chi connectivity index (χ1) is 10.6. The Morgan fingerprint density at radius 1 is 0.957 bits per heavy atom. The highest BCUT2D eigenvalue weighted by atomic mass is 16.5. The van der Waals surface area contributed by atoms with Gasteiger partial charge in [-0.25, -0.2) is 0 Å². The smallest absolute Gasteiger partial charge is 0.106 e. The van der Waals surface area contributed by atoms with Crippen LogP contribution in [-0.2, 0) is 4.74 Å². The summed E-state index contributed by atoms with van der Waals surface area (Å²) < 4.78 is 6.59. The van der Waals surface area contributed by atoms with E-state index in [1.807, 2.05) is 6.92 Å². The fourth-order valence-electron chi connectivity index (χ4n) is 6.81. The lowest BCUT2D eigenvalue weighted by Crippen LogP contribution is -2.64. The van der Waals surface area contributed by atoms with Crippen molar-refractivity contribution >= 4 is 0 Å². The van der Waals surface area contributed by atoms with Crippen LogP contribution in [0.5, 0.6) is 0 Å². The van der Waals surface area contributed by atoms with E-state index in [0.717, 1.165) is 25.2 Å². The zero-order valence-corrected chi connectivity index (χ0v) is 15.7. The summed E-state index contributed by atoms with van der Waals surface area (Å²) in [7, 11) is 0. The molecule has 0 bridgehead atoms. The minimum Gasteiger partial charge on any atom is -0.394 e. The quantitative estimate of drug-likeness (QED) is 0.809. The molecule has 3 heteroatoms. The standard InChI is InChI=1S/C20H36O3/c1-17(2)9-6-10-18(3)14(17)7-11-19(4)15(18)8-12-20(5,23-19)16(22)13-21/h14-16,21-22H,6-13H2,1-5H3/t14-,15+,16-,18-,19+,20-/m0/s1. The second-order valence-corrected chi connectivity index (χ2v) is 9.96. The molecule has 1 heterocycles. The third-order valence-corrected chi connectivity index (χ3v) is 8.01. The lowest BCUT2D eigenvalue weighted by Gasteiger charge is -2.65. The molecule has 1 aliphatic heterocycles. The predicted molar refractivity (Wildman–Crippen MR) is 92.2 cm³/mol. The van der Waals surface area contributed by atoms with Crippen molar-refractivity contribution in [3.8, 4) is 0 Å². The van der Waals surface area contributed by atoms with Crippen LogP contribution < -0.4 is 0 Å². The Bertz CT molecular complexity index is 462. The van der Waals surface area contributed by atoms with Gasteiger partial charge in [0.2, 0.25) is 0 Å². The summed E-state index contributed by atoms with van der Waals surface area (Å²) in [5.74, 6) is 1.34. The molecular formula is C20H36O3. The molecule has 3 fully saturated rings. The Morgan fingerprint density at radius 3 is 2.26 bits per heavy atom. The molecule has 2 saturated carbocycles. The molecular weight excluding hydrogens is 288 g/mol. The number of ether oxygens (including phenoxy) is 1. The van der Waals surface area contributed by atoms with E-state index in [-0.39, 0.29) is 12.2 Å². The summed E-state index contributed by atoms with van der Waals surface area (Å²) in [5, 5.41) is 19.7. The average Bonchev–Trinajstić information content (AvgIpc) is 2.44. The van der Waals surface area contributed by atoms with E-state index in [1.54, 1.807) is 0 Å². The Balaban J connectivity index is 1.90. The Labute approximate surface area is 141 Å². The fourth-order valence-corrected chi connectivity index (χ4v) is 6.81. The number of aliphatic hydroxyl groups excluding tert-OH is 2. The topological polar surface area (TPSA) is 49.7 Å². The van der Waals surface area contributed by atoms with Crippen molar-refractivity contribution in [3.63, 3.8) is 0 Å². The van der Waals surface area contributed by atoms with Crippen molar-refractivity contribution in [1.82, 2.24) is 0 Å². The van der Waals surface area contributed by atoms with Crippen molar-refractivity contribution in [2.45, 2.75) is 96.9 Å². The van der Waals surface area contributed by atoms with Gasteiger partial charge in [0.05, 0.1) is 17.8 Å². The van der Waals surface area contributed by atoms with Crippen LogP contribution in [0.3, 0.4) is 0 Å². The lowest BCUT2D eigenvalue weighted by molar-refractivity contribution is -0.287. The molecule has 23 heavy (non-hydrogen) atoms. The Morgan fingerprint density at radius 2 is 1.61 bits per heavy atom. The van der Waals surface area contributed by atoms with E-state index in [4.69, 9.17) is 4.74 Å². The van der Waals surface area contributed by atoms with Crippen molar-refractivity contribution in [2.24, 2.45) is 22.7 Å². The number of aliphatic hydroxyl groups is 2. The molecule has 2 N–H and O–H groups in total. The summed E-state index contributed by atoms with van der Waals surface area (Å²) in [6.07, 6.45) is 7.45. The van der Waals surface area contributed by atoms with Gasteiger partial charge in [0.15, 0.2) is 0 Å². The Hall–Kier alpha value is -0.120. The molecule has 0 radical (unpaired) electrons. The second kappa shape index (κ2) is 5.44. The van der Waals surface area contributed by atoms with Crippen molar-refractivity contribution in [3.05, 3.63) is 0 Å². The van der Waals surface area contributed by atoms with Gasteiger partial charge in [-0.05, 0) is 75.0 Å². The lowest BCUT2D eigenvalue weighted by atomic mass is 9.44. The maximum atomic E-state index is 10.3. The minimum atomic E-state index is -0.784. The van der Waals surface area contributed by atoms with Gasteiger partial charge in [-0.2, -0.15) is 0 Å². The van der Waals surface area contributed by atoms with E-state index in [0.29, 0.717) is 16.7 Å². The predicted octanol–water partition coefficient (Wildman–Crippen LogP) is 3.91. The number of hydrogen-bond donors (Lipinski definition) is 2. The summed E-state index contributed by atoms with van der Waals surface area (Å²) in [6.45, 7) is 11.5. The molecule has 6 atom stereocenters. The average molecular weight is 325 g/mol. The van der Waals surface area contributed by atoms with Gasteiger partial charge in [-0.1, -0.05) is 27.2 Å². The first kappa shape index (κ1) is 17.7. The van der Waals surface area contributed by atoms with Crippen LogP contribution in [0.15, 0.2) is 0 Å². The van der Waals surface area contributed by atoms with Crippen molar-refractivity contribution in [2.75, 3.05) is 6.61 Å². The molecule has 0 aromatic heterocycles. The number of hydrogen-bond acceptors (Lipinski definition) is 3. The van der Waals surface area contributed by atoms with Crippen molar-refractivity contribution < 1.29 is 14.9 Å². The first-order valence-corrected chi connectivity index (χ1v) is 9.57. The third kappa shape index (κ3) is 2.58. The zero-order valence-electron chi connectivity index (χ0n) is 15.7. The van der Waals surface area contributed by atoms with Gasteiger partial charge >= 0.3 is 0 Å². The second-order valence-electron chi connectivity index (χ2n) is 9.96. The van der Waals surface area contributed by atoms with Crippen molar-refractivity contribution in [1.29, 1.82) is 0 Å². The summed E-state index contributed by atoms with van der Waals surface area (Å²) in [5.41, 5.74) is 0.00907. The van der Waals surface area contributed by atoms with Gasteiger partial charge in [0.25, 0.3) is 0 Å². The maximum Gasteiger partial charge on any atom is 0.106 e. The molecule has 0 spiro atoms. The maximum absolute atomic E-state index is 10.3. The van der Waals surface area contributed by atoms with Gasteiger partial charge in [-0.15, -0.1) is 0 Å². The SMILES string of the molecule is CC1(C)CCC[C@]2(C)[C@H]3CC[C@@](C)([C@@H](O)CO)O[C@]3(C)CC[C@@H]12. The largest absolute Gasteiger partial charge is 0.394 e. The van der Waals surface area contributed by atoms with Gasteiger partial charge in [-0.3, -0.25) is 0 Å². The summed E-state index contributed by atoms with van der Waals surface area (Å²) in [6, 6.07) is 0. The van der Waals surface area contributed by atoms with Crippen LogP contribution in [-0.4, -0.2) is 34.1 Å². The van der Waals surface area contributed by atoms with Gasteiger partial charge < -0.3 is 14.9 Å². The van der Waals surface area contributed by atoms with Crippen LogP contribution in [0.25, 0.3) is 0 Å². The molecule has 0 aromatic rings. The molecule has 134 valence electrons. The zero-order chi connectivity index (χ0) is 17.1. The molecule has 3 rings (SSSR count). The van der Waals surface area contributed by atoms with Gasteiger partial charge in [0, 0.05) is 0 Å². The monoisotopic (exact) mass is 324 g/mol. The summed E-state index contributed by atoms with van der Waals surface area (Å²) in [4.78, 5) is 0. The Kier molecular flexibility index (Phi) is 4.18. The van der Waals surface area contributed by atoms with Crippen LogP contribution in [0.4, 0.5) is 0 Å². The molecule has 2 aliphatic carbocycles. The van der Waals surface area contributed by atoms with E-state index in [1.165, 1.54) is 25.7 Å². The molecule has 0 unspecified atom stereocenters. The molecule has 3 nitrogen and oxygen atoms in total. The highest BCUT2D eigenvalue weighted by molar-refractivity contribution is 5.11. The van der Waals surface area contributed by atoms with E-state index >= 15 is 0 Å². The third-order valence-electron chi connectivity index (χ3n) is 8.01. The molecule has 0 aromatic carbocycles. The first-order valence-electron chi connectivity index (χ1n) is 9.57. The van der Waals surface area contributed by atoms with E-state index < -0.39 is 11.7 Å². The van der Waals surface area contributed by atoms with E-state index in [9.17, 15) is 10.2 Å². The van der Waals surface area contributed by atoms with E-state index in [2.05, 4.69) is 27.7 Å². The normalized spacial score (nSPS) is 50.7. The highest BCUT2D eigenvalue weighted by Crippen LogP contribution is 2.65. The molecule has 3 aliphatic rings. The van der Waals surface area contributed by atoms with Crippen LogP contribution in [0, 0.1) is 22.7 Å². The number of fused-ring (bicyclic) bond motifs is 3. The van der Waals surface area contributed by atoms with Crippen LogP contribution in [0.1, 0.15) is 79.6 Å². The molecule has 0 amide bonds. The summed E-state index contributed by atoms with van der Waals surface area (Å²) >= 11 is 0. The highest BCUT2D eigenvalue weighted by Gasteiger charge is 2.62. The number of rotatable bonds is 2. The minimum absolute atomic E-state index is 0.165. The van der Waals surface area contributed by atoms with Crippen LogP contribution in [0.2, 0.25) is 0 Å². The molecule has 1 saturated heterocycles. The van der Waals surface area contributed by atoms with Gasteiger partial charge in [0.1, 0.15) is 6.10 Å².